The quantitative estimate of drug-likeness (QED) is 0.785. The average Bonchev–Trinajstić information content (AvgIpc) is 3.09. The number of aliphatic hydroxyl groups is 1. The van der Waals surface area contributed by atoms with Crippen molar-refractivity contribution in [3.8, 4) is 5.88 Å². The maximum Gasteiger partial charge on any atom is 0.221 e. The second-order valence-electron chi connectivity index (χ2n) is 5.77. The molecule has 0 aromatic carbocycles. The molecule has 24 heavy (non-hydrogen) atoms. The summed E-state index contributed by atoms with van der Waals surface area (Å²) in [7, 11) is 0. The summed E-state index contributed by atoms with van der Waals surface area (Å²) in [6.07, 6.45) is 1.90. The van der Waals surface area contributed by atoms with Gasteiger partial charge in [0.1, 0.15) is 6.33 Å². The van der Waals surface area contributed by atoms with Crippen LogP contribution < -0.4 is 4.74 Å². The van der Waals surface area contributed by atoms with Crippen molar-refractivity contribution in [2.75, 3.05) is 26.3 Å². The molecule has 3 heterocycles. The van der Waals surface area contributed by atoms with Crippen LogP contribution in [0.3, 0.4) is 0 Å². The van der Waals surface area contributed by atoms with Gasteiger partial charge in [-0.05, 0) is 18.4 Å². The van der Waals surface area contributed by atoms with Crippen LogP contribution in [0.1, 0.15) is 23.1 Å². The fourth-order valence-electron chi connectivity index (χ4n) is 2.83. The number of fused-ring (bicyclic) bond motifs is 1. The number of aromatic nitrogens is 2. The Balaban J connectivity index is 1.49. The summed E-state index contributed by atoms with van der Waals surface area (Å²) >= 11 is 1.66. The number of ether oxygens (including phenoxy) is 2. The molecule has 1 N–H and O–H groups in total. The van der Waals surface area contributed by atoms with E-state index in [1.54, 1.807) is 17.7 Å². The van der Waals surface area contributed by atoms with E-state index >= 15 is 0 Å². The molecule has 0 spiro atoms. The minimum absolute atomic E-state index is 0.338. The summed E-state index contributed by atoms with van der Waals surface area (Å²) in [6, 6.07) is 4.04. The van der Waals surface area contributed by atoms with E-state index in [2.05, 4.69) is 14.9 Å². The molecule has 7 heteroatoms. The Bertz CT molecular complexity index is 636. The van der Waals surface area contributed by atoms with Gasteiger partial charge in [-0.25, -0.2) is 9.97 Å². The van der Waals surface area contributed by atoms with Gasteiger partial charge in [0.2, 0.25) is 5.88 Å². The summed E-state index contributed by atoms with van der Waals surface area (Å²) in [5, 5.41) is 12.3. The maximum absolute atomic E-state index is 10.2. The molecule has 2 aromatic rings. The third-order valence-corrected chi connectivity index (χ3v) is 4.78. The number of rotatable bonds is 8. The van der Waals surface area contributed by atoms with Crippen LogP contribution in [0.25, 0.3) is 0 Å². The SMILES string of the molecule is CCOc1ncnc2c1CN(C[C@@H](O)COCc1cccs1)CC2. The van der Waals surface area contributed by atoms with Crippen LogP contribution in [-0.2, 0) is 24.3 Å². The monoisotopic (exact) mass is 349 g/mol. The van der Waals surface area contributed by atoms with Gasteiger partial charge in [0.25, 0.3) is 0 Å². The topological polar surface area (TPSA) is 67.7 Å². The molecule has 0 fully saturated rings. The molecule has 0 saturated carbocycles. The Morgan fingerprint density at radius 1 is 1.42 bits per heavy atom. The van der Waals surface area contributed by atoms with Crippen LogP contribution in [0.4, 0.5) is 0 Å². The van der Waals surface area contributed by atoms with Crippen LogP contribution in [-0.4, -0.2) is 52.4 Å². The molecular weight excluding hydrogens is 326 g/mol. The van der Waals surface area contributed by atoms with E-state index in [0.717, 1.165) is 24.2 Å². The van der Waals surface area contributed by atoms with Crippen molar-refractivity contribution in [3.05, 3.63) is 40.0 Å². The smallest absolute Gasteiger partial charge is 0.221 e. The first kappa shape index (κ1) is 17.3. The third kappa shape index (κ3) is 4.51. The van der Waals surface area contributed by atoms with Crippen molar-refractivity contribution >= 4 is 11.3 Å². The zero-order chi connectivity index (χ0) is 16.8. The van der Waals surface area contributed by atoms with E-state index in [0.29, 0.717) is 38.8 Å². The Labute approximate surface area is 146 Å². The number of nitrogens with zero attached hydrogens (tertiary/aromatic N) is 3. The Hall–Kier alpha value is -1.54. The number of aliphatic hydroxyl groups excluding tert-OH is 1. The van der Waals surface area contributed by atoms with E-state index in [4.69, 9.17) is 9.47 Å². The van der Waals surface area contributed by atoms with Crippen LogP contribution in [0.15, 0.2) is 23.8 Å². The third-order valence-electron chi connectivity index (χ3n) is 3.93. The van der Waals surface area contributed by atoms with Gasteiger partial charge in [-0.3, -0.25) is 4.90 Å². The zero-order valence-corrected chi connectivity index (χ0v) is 14.7. The normalized spacial score (nSPS) is 15.9. The number of β-amino-alcohol motifs (C(OH)–C–C–N with tert-alkyl or cyclic N) is 1. The number of thiophene rings is 1. The maximum atomic E-state index is 10.2. The summed E-state index contributed by atoms with van der Waals surface area (Å²) in [5.74, 6) is 0.663. The average molecular weight is 349 g/mol. The Kier molecular flexibility index (Phi) is 6.14. The van der Waals surface area contributed by atoms with E-state index in [1.807, 2.05) is 24.4 Å². The molecule has 0 unspecified atom stereocenters. The molecule has 0 saturated heterocycles. The fraction of sp³-hybridized carbons (Fsp3) is 0.529. The Morgan fingerprint density at radius 2 is 2.33 bits per heavy atom. The van der Waals surface area contributed by atoms with Crippen molar-refractivity contribution in [2.24, 2.45) is 0 Å². The van der Waals surface area contributed by atoms with Crippen molar-refractivity contribution < 1.29 is 14.6 Å². The molecule has 1 aliphatic heterocycles. The lowest BCUT2D eigenvalue weighted by Gasteiger charge is -2.30. The summed E-state index contributed by atoms with van der Waals surface area (Å²) in [6.45, 7) is 5.58. The van der Waals surface area contributed by atoms with Gasteiger partial charge >= 0.3 is 0 Å². The standard InChI is InChI=1S/C17H23N3O3S/c1-2-23-17-15-9-20(6-5-16(15)18-12-19-17)8-13(21)10-22-11-14-4-3-7-24-14/h3-4,7,12-13,21H,2,5-6,8-11H2,1H3/t13-/m1/s1. The second kappa shape index (κ2) is 8.53. The highest BCUT2D eigenvalue weighted by Gasteiger charge is 2.23. The molecule has 6 nitrogen and oxygen atoms in total. The molecular formula is C17H23N3O3S. The van der Waals surface area contributed by atoms with Crippen molar-refractivity contribution in [3.63, 3.8) is 0 Å². The summed E-state index contributed by atoms with van der Waals surface area (Å²) < 4.78 is 11.2. The van der Waals surface area contributed by atoms with Crippen LogP contribution >= 0.6 is 11.3 Å². The molecule has 1 atom stereocenters. The molecule has 3 rings (SSSR count). The highest BCUT2D eigenvalue weighted by atomic mass is 32.1. The lowest BCUT2D eigenvalue weighted by Crippen LogP contribution is -2.38. The van der Waals surface area contributed by atoms with E-state index in [1.165, 1.54) is 4.88 Å². The molecule has 130 valence electrons. The molecule has 2 aromatic heterocycles. The molecule has 0 amide bonds. The van der Waals surface area contributed by atoms with E-state index < -0.39 is 6.10 Å². The minimum atomic E-state index is -0.508. The van der Waals surface area contributed by atoms with Crippen molar-refractivity contribution in [1.82, 2.24) is 14.9 Å². The van der Waals surface area contributed by atoms with Crippen molar-refractivity contribution in [1.29, 1.82) is 0 Å². The van der Waals surface area contributed by atoms with Crippen LogP contribution in [0.5, 0.6) is 5.88 Å². The molecule has 0 bridgehead atoms. The largest absolute Gasteiger partial charge is 0.478 e. The van der Waals surface area contributed by atoms with Gasteiger partial charge in [0.05, 0.1) is 31.6 Å². The molecule has 0 radical (unpaired) electrons. The zero-order valence-electron chi connectivity index (χ0n) is 13.9. The Morgan fingerprint density at radius 3 is 3.12 bits per heavy atom. The second-order valence-corrected chi connectivity index (χ2v) is 6.80. The summed E-state index contributed by atoms with van der Waals surface area (Å²) in [5.41, 5.74) is 2.09. The molecule has 1 aliphatic rings. The van der Waals surface area contributed by atoms with Gasteiger partial charge in [-0.2, -0.15) is 0 Å². The van der Waals surface area contributed by atoms with Gasteiger partial charge in [-0.1, -0.05) is 6.07 Å². The number of hydrogen-bond acceptors (Lipinski definition) is 7. The van der Waals surface area contributed by atoms with Gasteiger partial charge < -0.3 is 14.6 Å². The van der Waals surface area contributed by atoms with E-state index in [9.17, 15) is 5.11 Å². The predicted octanol–water partition coefficient (Wildman–Crippen LogP) is 1.87. The first-order valence-corrected chi connectivity index (χ1v) is 9.10. The lowest BCUT2D eigenvalue weighted by molar-refractivity contribution is 0.00818. The van der Waals surface area contributed by atoms with Crippen LogP contribution in [0.2, 0.25) is 0 Å². The fourth-order valence-corrected chi connectivity index (χ4v) is 3.47. The predicted molar refractivity (Wildman–Crippen MR) is 92.2 cm³/mol. The lowest BCUT2D eigenvalue weighted by atomic mass is 10.1. The van der Waals surface area contributed by atoms with Crippen molar-refractivity contribution in [2.45, 2.75) is 32.6 Å². The highest BCUT2D eigenvalue weighted by molar-refractivity contribution is 7.09. The molecule has 0 aliphatic carbocycles. The van der Waals surface area contributed by atoms with Crippen LogP contribution in [0, 0.1) is 0 Å². The minimum Gasteiger partial charge on any atom is -0.478 e. The highest BCUT2D eigenvalue weighted by Crippen LogP contribution is 2.24. The van der Waals surface area contributed by atoms with Gasteiger partial charge in [-0.15, -0.1) is 11.3 Å². The first-order valence-electron chi connectivity index (χ1n) is 8.22. The van der Waals surface area contributed by atoms with Gasteiger partial charge in [0.15, 0.2) is 0 Å². The summed E-state index contributed by atoms with van der Waals surface area (Å²) in [4.78, 5) is 12.0. The first-order chi connectivity index (χ1) is 11.8. The van der Waals surface area contributed by atoms with E-state index in [-0.39, 0.29) is 0 Å². The number of hydrogen-bond donors (Lipinski definition) is 1. The van der Waals surface area contributed by atoms with Gasteiger partial charge in [0, 0.05) is 36.5 Å².